The molecule has 1 rings (SSSR count). The lowest BCUT2D eigenvalue weighted by Crippen LogP contribution is -2.44. The number of ether oxygens (including phenoxy) is 1. The Kier molecular flexibility index (Phi) is 4.74. The Labute approximate surface area is 82.0 Å². The van der Waals surface area contributed by atoms with Crippen LogP contribution in [-0.4, -0.2) is 24.8 Å². The Balaban J connectivity index is 2.36. The molecule has 0 aromatic carbocycles. The Morgan fingerprint density at radius 1 is 1.31 bits per heavy atom. The van der Waals surface area contributed by atoms with E-state index in [9.17, 15) is 0 Å². The van der Waals surface area contributed by atoms with Gasteiger partial charge in [-0.2, -0.15) is 0 Å². The summed E-state index contributed by atoms with van der Waals surface area (Å²) in [7, 11) is 0. The average molecular weight is 185 g/mol. The van der Waals surface area contributed by atoms with E-state index in [4.69, 9.17) is 4.74 Å². The number of nitrogens with one attached hydrogen (secondary N) is 1. The van der Waals surface area contributed by atoms with Crippen LogP contribution in [0.1, 0.15) is 46.5 Å². The first kappa shape index (κ1) is 11.0. The SMILES string of the molecule is CCN[C@H]1CCCC[C@H]1OC(C)C. The third kappa shape index (κ3) is 3.65. The van der Waals surface area contributed by atoms with Gasteiger partial charge in [-0.25, -0.2) is 0 Å². The van der Waals surface area contributed by atoms with E-state index >= 15 is 0 Å². The molecule has 0 bridgehead atoms. The minimum absolute atomic E-state index is 0.365. The van der Waals surface area contributed by atoms with Gasteiger partial charge in [-0.1, -0.05) is 19.8 Å². The lowest BCUT2D eigenvalue weighted by Gasteiger charge is -2.33. The van der Waals surface area contributed by atoms with Crippen LogP contribution < -0.4 is 5.32 Å². The van der Waals surface area contributed by atoms with Gasteiger partial charge in [-0.3, -0.25) is 0 Å². The summed E-state index contributed by atoms with van der Waals surface area (Å²) in [5.74, 6) is 0. The summed E-state index contributed by atoms with van der Waals surface area (Å²) in [5, 5.41) is 3.51. The van der Waals surface area contributed by atoms with Crippen LogP contribution in [0, 0.1) is 0 Å². The lowest BCUT2D eigenvalue weighted by atomic mass is 9.92. The molecular formula is C11H23NO. The predicted octanol–water partition coefficient (Wildman–Crippen LogP) is 2.33. The molecule has 0 spiro atoms. The van der Waals surface area contributed by atoms with Crippen LogP contribution in [-0.2, 0) is 4.74 Å². The van der Waals surface area contributed by atoms with Gasteiger partial charge in [0.2, 0.25) is 0 Å². The van der Waals surface area contributed by atoms with Crippen LogP contribution in [0.5, 0.6) is 0 Å². The second-order valence-electron chi connectivity index (χ2n) is 4.17. The standard InChI is InChI=1S/C11H23NO/c1-4-12-10-7-5-6-8-11(10)13-9(2)3/h9-12H,4-8H2,1-3H3/t10-,11+/m0/s1. The van der Waals surface area contributed by atoms with Crippen molar-refractivity contribution in [1.82, 2.24) is 5.32 Å². The molecule has 2 atom stereocenters. The molecule has 0 aliphatic heterocycles. The molecule has 0 aromatic heterocycles. The molecule has 0 unspecified atom stereocenters. The molecule has 78 valence electrons. The summed E-state index contributed by atoms with van der Waals surface area (Å²) in [6, 6.07) is 0.598. The summed E-state index contributed by atoms with van der Waals surface area (Å²) in [4.78, 5) is 0. The van der Waals surface area contributed by atoms with Gasteiger partial charge in [0.15, 0.2) is 0 Å². The highest BCUT2D eigenvalue weighted by atomic mass is 16.5. The second-order valence-corrected chi connectivity index (χ2v) is 4.17. The van der Waals surface area contributed by atoms with Crippen molar-refractivity contribution in [3.63, 3.8) is 0 Å². The number of hydrogen-bond donors (Lipinski definition) is 1. The highest BCUT2D eigenvalue weighted by Gasteiger charge is 2.25. The van der Waals surface area contributed by atoms with Crippen LogP contribution in [0.25, 0.3) is 0 Å². The maximum absolute atomic E-state index is 5.89. The van der Waals surface area contributed by atoms with E-state index < -0.39 is 0 Å². The molecule has 0 aromatic rings. The fourth-order valence-corrected chi connectivity index (χ4v) is 2.11. The Bertz CT molecular complexity index is 134. The summed E-state index contributed by atoms with van der Waals surface area (Å²) < 4.78 is 5.89. The smallest absolute Gasteiger partial charge is 0.0731 e. The number of rotatable bonds is 4. The van der Waals surface area contributed by atoms with Gasteiger partial charge in [-0.05, 0) is 33.2 Å². The van der Waals surface area contributed by atoms with Crippen molar-refractivity contribution in [2.24, 2.45) is 0 Å². The summed E-state index contributed by atoms with van der Waals surface area (Å²) in [6.45, 7) is 7.47. The largest absolute Gasteiger partial charge is 0.374 e. The van der Waals surface area contributed by atoms with Crippen molar-refractivity contribution >= 4 is 0 Å². The Hall–Kier alpha value is -0.0800. The van der Waals surface area contributed by atoms with E-state index in [1.165, 1.54) is 25.7 Å². The van der Waals surface area contributed by atoms with Crippen molar-refractivity contribution in [1.29, 1.82) is 0 Å². The molecule has 1 fully saturated rings. The first-order valence-corrected chi connectivity index (χ1v) is 5.63. The zero-order valence-electron chi connectivity index (χ0n) is 9.18. The van der Waals surface area contributed by atoms with Crippen LogP contribution in [0.15, 0.2) is 0 Å². The van der Waals surface area contributed by atoms with Crippen molar-refractivity contribution in [3.8, 4) is 0 Å². The van der Waals surface area contributed by atoms with Gasteiger partial charge in [0.05, 0.1) is 12.2 Å². The molecule has 2 nitrogen and oxygen atoms in total. The highest BCUT2D eigenvalue weighted by Crippen LogP contribution is 2.22. The minimum Gasteiger partial charge on any atom is -0.374 e. The van der Waals surface area contributed by atoms with Crippen molar-refractivity contribution in [3.05, 3.63) is 0 Å². The first-order chi connectivity index (χ1) is 6.24. The van der Waals surface area contributed by atoms with Crippen molar-refractivity contribution in [2.45, 2.75) is 64.7 Å². The summed E-state index contributed by atoms with van der Waals surface area (Å²) in [6.07, 6.45) is 6.02. The van der Waals surface area contributed by atoms with E-state index in [1.54, 1.807) is 0 Å². The molecule has 0 saturated heterocycles. The number of hydrogen-bond acceptors (Lipinski definition) is 2. The van der Waals surface area contributed by atoms with Crippen LogP contribution in [0.2, 0.25) is 0 Å². The molecule has 13 heavy (non-hydrogen) atoms. The van der Waals surface area contributed by atoms with E-state index in [2.05, 4.69) is 26.1 Å². The van der Waals surface area contributed by atoms with E-state index in [0.29, 0.717) is 18.2 Å². The Morgan fingerprint density at radius 3 is 2.62 bits per heavy atom. The Morgan fingerprint density at radius 2 is 2.00 bits per heavy atom. The molecule has 1 N–H and O–H groups in total. The van der Waals surface area contributed by atoms with Crippen molar-refractivity contribution < 1.29 is 4.74 Å². The van der Waals surface area contributed by atoms with Gasteiger partial charge in [0, 0.05) is 6.04 Å². The first-order valence-electron chi connectivity index (χ1n) is 5.63. The zero-order valence-corrected chi connectivity index (χ0v) is 9.18. The van der Waals surface area contributed by atoms with Crippen molar-refractivity contribution in [2.75, 3.05) is 6.54 Å². The molecule has 1 aliphatic carbocycles. The van der Waals surface area contributed by atoms with E-state index in [-0.39, 0.29) is 0 Å². The molecular weight excluding hydrogens is 162 g/mol. The third-order valence-corrected chi connectivity index (χ3v) is 2.62. The van der Waals surface area contributed by atoms with Gasteiger partial charge >= 0.3 is 0 Å². The van der Waals surface area contributed by atoms with E-state index in [0.717, 1.165) is 6.54 Å². The zero-order chi connectivity index (χ0) is 9.68. The predicted molar refractivity (Wildman–Crippen MR) is 55.9 cm³/mol. The second kappa shape index (κ2) is 5.61. The fraction of sp³-hybridized carbons (Fsp3) is 1.00. The van der Waals surface area contributed by atoms with Crippen LogP contribution >= 0.6 is 0 Å². The van der Waals surface area contributed by atoms with Gasteiger partial charge in [0.25, 0.3) is 0 Å². The van der Waals surface area contributed by atoms with Crippen LogP contribution in [0.3, 0.4) is 0 Å². The topological polar surface area (TPSA) is 21.3 Å². The van der Waals surface area contributed by atoms with Gasteiger partial charge in [-0.15, -0.1) is 0 Å². The third-order valence-electron chi connectivity index (χ3n) is 2.62. The molecule has 0 heterocycles. The highest BCUT2D eigenvalue weighted by molar-refractivity contribution is 4.81. The molecule has 0 radical (unpaired) electrons. The minimum atomic E-state index is 0.365. The summed E-state index contributed by atoms with van der Waals surface area (Å²) in [5.41, 5.74) is 0. The van der Waals surface area contributed by atoms with Crippen LogP contribution in [0.4, 0.5) is 0 Å². The monoisotopic (exact) mass is 185 g/mol. The normalized spacial score (nSPS) is 29.5. The maximum Gasteiger partial charge on any atom is 0.0731 e. The van der Waals surface area contributed by atoms with Gasteiger partial charge < -0.3 is 10.1 Å². The lowest BCUT2D eigenvalue weighted by molar-refractivity contribution is -0.0304. The molecule has 1 aliphatic rings. The summed E-state index contributed by atoms with van der Waals surface area (Å²) >= 11 is 0. The number of likely N-dealkylation sites (N-methyl/N-ethyl adjacent to an activating group) is 1. The molecule has 1 saturated carbocycles. The van der Waals surface area contributed by atoms with Gasteiger partial charge in [0.1, 0.15) is 0 Å². The molecule has 0 amide bonds. The maximum atomic E-state index is 5.89. The van der Waals surface area contributed by atoms with E-state index in [1.807, 2.05) is 0 Å². The molecule has 2 heteroatoms. The fourth-order valence-electron chi connectivity index (χ4n) is 2.11. The average Bonchev–Trinajstić information content (AvgIpc) is 2.08. The quantitative estimate of drug-likeness (QED) is 0.726.